The van der Waals surface area contributed by atoms with Gasteiger partial charge in [0, 0.05) is 0 Å². The third-order valence-electron chi connectivity index (χ3n) is 3.28. The molecule has 0 amide bonds. The number of hydrogen-bond acceptors (Lipinski definition) is 5. The van der Waals surface area contributed by atoms with Crippen LogP contribution in [-0.4, -0.2) is 29.4 Å². The lowest BCUT2D eigenvalue weighted by molar-refractivity contribution is 0.366. The smallest absolute Gasteiger partial charge is 0.217 e. The molecule has 0 atom stereocenters. The Morgan fingerprint density at radius 1 is 1.19 bits per heavy atom. The maximum absolute atomic E-state index is 5.34. The summed E-state index contributed by atoms with van der Waals surface area (Å²) in [5.74, 6) is 1.17. The molecule has 4 aromatic rings. The van der Waals surface area contributed by atoms with Gasteiger partial charge in [-0.3, -0.25) is 0 Å². The Morgan fingerprint density at radius 3 is 2.76 bits per heavy atom. The highest BCUT2D eigenvalue weighted by Gasteiger charge is 2.20. The van der Waals surface area contributed by atoms with E-state index in [9.17, 15) is 0 Å². The van der Waals surface area contributed by atoms with Crippen molar-refractivity contribution < 1.29 is 4.42 Å². The van der Waals surface area contributed by atoms with Crippen LogP contribution in [0, 0.1) is 0 Å². The summed E-state index contributed by atoms with van der Waals surface area (Å²) in [6.45, 7) is 6.26. The molecule has 0 bridgehead atoms. The van der Waals surface area contributed by atoms with Crippen LogP contribution in [0.25, 0.3) is 28.3 Å². The highest BCUT2D eigenvalue weighted by Crippen LogP contribution is 2.24. The number of rotatable bonds is 1. The number of fused-ring (bicyclic) bond motifs is 3. The second-order valence-electron chi connectivity index (χ2n) is 5.89. The first-order valence-electron chi connectivity index (χ1n) is 6.67. The summed E-state index contributed by atoms with van der Waals surface area (Å²) in [6.07, 6.45) is 5.04. The van der Waals surface area contributed by atoms with Gasteiger partial charge in [-0.05, 0) is 32.9 Å². The molecule has 7 nitrogen and oxygen atoms in total. The van der Waals surface area contributed by atoms with Crippen molar-refractivity contribution in [1.29, 1.82) is 0 Å². The Kier molecular flexibility index (Phi) is 2.25. The van der Waals surface area contributed by atoms with Crippen molar-refractivity contribution in [2.75, 3.05) is 0 Å². The molecule has 0 N–H and O–H groups in total. The van der Waals surface area contributed by atoms with Gasteiger partial charge in [0.1, 0.15) is 6.33 Å². The number of furan rings is 1. The molecule has 0 aliphatic carbocycles. The van der Waals surface area contributed by atoms with E-state index >= 15 is 0 Å². The molecule has 0 saturated heterocycles. The van der Waals surface area contributed by atoms with Crippen LogP contribution >= 0.6 is 0 Å². The van der Waals surface area contributed by atoms with E-state index in [0.29, 0.717) is 11.6 Å². The molecule has 0 aliphatic heterocycles. The van der Waals surface area contributed by atoms with Crippen LogP contribution in [0.15, 0.2) is 35.3 Å². The van der Waals surface area contributed by atoms with Crippen molar-refractivity contribution in [3.63, 3.8) is 0 Å². The van der Waals surface area contributed by atoms with Gasteiger partial charge in [-0.15, -0.1) is 5.10 Å². The molecule has 4 heterocycles. The van der Waals surface area contributed by atoms with Gasteiger partial charge in [-0.1, -0.05) is 0 Å². The van der Waals surface area contributed by atoms with E-state index in [-0.39, 0.29) is 5.54 Å². The molecule has 4 aromatic heterocycles. The average Bonchev–Trinajstić information content (AvgIpc) is 3.15. The van der Waals surface area contributed by atoms with Gasteiger partial charge >= 0.3 is 0 Å². The summed E-state index contributed by atoms with van der Waals surface area (Å²) in [6, 6.07) is 3.64. The normalized spacial score (nSPS) is 12.5. The standard InChI is InChI=1S/C14H14N6O/c1-14(2,3)20-12-9(7-16-20)13-17-11(10-5-4-6-21-10)18-19(13)8-15-12/h4-8H,1-3H3. The zero-order chi connectivity index (χ0) is 14.6. The molecule has 0 fully saturated rings. The lowest BCUT2D eigenvalue weighted by atomic mass is 10.1. The highest BCUT2D eigenvalue weighted by molar-refractivity contribution is 5.89. The minimum atomic E-state index is -0.142. The van der Waals surface area contributed by atoms with E-state index < -0.39 is 0 Å². The van der Waals surface area contributed by atoms with E-state index in [2.05, 4.69) is 40.9 Å². The quantitative estimate of drug-likeness (QED) is 0.536. The van der Waals surface area contributed by atoms with Gasteiger partial charge in [0.15, 0.2) is 17.1 Å². The molecular weight excluding hydrogens is 268 g/mol. The third-order valence-corrected chi connectivity index (χ3v) is 3.28. The van der Waals surface area contributed by atoms with E-state index in [1.807, 2.05) is 16.8 Å². The van der Waals surface area contributed by atoms with Gasteiger partial charge in [0.05, 0.1) is 23.4 Å². The Morgan fingerprint density at radius 2 is 2.05 bits per heavy atom. The van der Waals surface area contributed by atoms with Crippen LogP contribution < -0.4 is 0 Å². The average molecular weight is 282 g/mol. The Hall–Kier alpha value is -2.70. The van der Waals surface area contributed by atoms with Crippen molar-refractivity contribution >= 4 is 16.7 Å². The monoisotopic (exact) mass is 282 g/mol. The van der Waals surface area contributed by atoms with E-state index in [1.165, 1.54) is 0 Å². The number of nitrogens with zero attached hydrogens (tertiary/aromatic N) is 6. The van der Waals surface area contributed by atoms with E-state index in [4.69, 9.17) is 4.42 Å². The predicted octanol–water partition coefficient (Wildman–Crippen LogP) is 2.49. The van der Waals surface area contributed by atoms with Crippen LogP contribution in [0.4, 0.5) is 0 Å². The van der Waals surface area contributed by atoms with Gasteiger partial charge in [-0.25, -0.2) is 19.2 Å². The van der Waals surface area contributed by atoms with E-state index in [1.54, 1.807) is 23.3 Å². The lowest BCUT2D eigenvalue weighted by Crippen LogP contribution is -2.23. The van der Waals surface area contributed by atoms with Crippen LogP contribution in [0.5, 0.6) is 0 Å². The second kappa shape index (κ2) is 3.91. The fourth-order valence-electron chi connectivity index (χ4n) is 2.32. The number of aromatic nitrogens is 6. The number of hydrogen-bond donors (Lipinski definition) is 0. The minimum absolute atomic E-state index is 0.142. The van der Waals surface area contributed by atoms with Crippen molar-refractivity contribution in [2.24, 2.45) is 0 Å². The van der Waals surface area contributed by atoms with Gasteiger partial charge in [0.2, 0.25) is 5.82 Å². The molecule has 0 radical (unpaired) electrons. The summed E-state index contributed by atoms with van der Waals surface area (Å²) >= 11 is 0. The van der Waals surface area contributed by atoms with Crippen LogP contribution in [0.1, 0.15) is 20.8 Å². The molecule has 21 heavy (non-hydrogen) atoms. The summed E-state index contributed by atoms with van der Waals surface area (Å²) in [5, 5.41) is 9.70. The Bertz CT molecular complexity index is 926. The zero-order valence-electron chi connectivity index (χ0n) is 12.0. The highest BCUT2D eigenvalue weighted by atomic mass is 16.3. The summed E-state index contributed by atoms with van der Waals surface area (Å²) in [7, 11) is 0. The van der Waals surface area contributed by atoms with Crippen LogP contribution in [0.3, 0.4) is 0 Å². The largest absolute Gasteiger partial charge is 0.461 e. The fourth-order valence-corrected chi connectivity index (χ4v) is 2.32. The van der Waals surface area contributed by atoms with Crippen LogP contribution in [-0.2, 0) is 5.54 Å². The van der Waals surface area contributed by atoms with Gasteiger partial charge in [-0.2, -0.15) is 5.10 Å². The summed E-state index contributed by atoms with van der Waals surface area (Å²) in [5.41, 5.74) is 1.38. The molecule has 0 saturated carbocycles. The molecule has 106 valence electrons. The van der Waals surface area contributed by atoms with E-state index in [0.717, 1.165) is 16.7 Å². The molecule has 0 spiro atoms. The van der Waals surface area contributed by atoms with Crippen molar-refractivity contribution in [3.05, 3.63) is 30.9 Å². The first-order chi connectivity index (χ1) is 10.0. The van der Waals surface area contributed by atoms with Gasteiger partial charge in [0.25, 0.3) is 0 Å². The van der Waals surface area contributed by atoms with Crippen LogP contribution in [0.2, 0.25) is 0 Å². The van der Waals surface area contributed by atoms with Crippen molar-refractivity contribution in [3.8, 4) is 11.6 Å². The Balaban J connectivity index is 2.00. The molecule has 0 aliphatic rings. The molecule has 4 rings (SSSR count). The lowest BCUT2D eigenvalue weighted by Gasteiger charge is -2.19. The molecule has 7 heteroatoms. The first-order valence-corrected chi connectivity index (χ1v) is 6.67. The van der Waals surface area contributed by atoms with Crippen molar-refractivity contribution in [2.45, 2.75) is 26.3 Å². The summed E-state index contributed by atoms with van der Waals surface area (Å²) < 4.78 is 8.88. The SMILES string of the molecule is CC(C)(C)n1ncc2c1ncn1nc(-c3ccco3)nc21. The Labute approximate surface area is 120 Å². The topological polar surface area (TPSA) is 74.0 Å². The maximum Gasteiger partial charge on any atom is 0.217 e. The predicted molar refractivity (Wildman–Crippen MR) is 76.8 cm³/mol. The fraction of sp³-hybridized carbons (Fsp3) is 0.286. The summed E-state index contributed by atoms with van der Waals surface area (Å²) in [4.78, 5) is 9.00. The molecule has 0 aromatic carbocycles. The third kappa shape index (κ3) is 1.74. The molecule has 0 unspecified atom stereocenters. The maximum atomic E-state index is 5.34. The first kappa shape index (κ1) is 12.1. The minimum Gasteiger partial charge on any atom is -0.461 e. The second-order valence-corrected chi connectivity index (χ2v) is 5.89. The van der Waals surface area contributed by atoms with Gasteiger partial charge < -0.3 is 4.42 Å². The molecular formula is C14H14N6O. The van der Waals surface area contributed by atoms with Crippen molar-refractivity contribution in [1.82, 2.24) is 29.4 Å². The zero-order valence-corrected chi connectivity index (χ0v) is 12.0.